The second-order valence-electron chi connectivity index (χ2n) is 5.91. The first-order valence-electron chi connectivity index (χ1n) is 8.04. The fourth-order valence-corrected chi connectivity index (χ4v) is 3.66. The highest BCUT2D eigenvalue weighted by Gasteiger charge is 2.46. The molecular formula is C16H14F4N4O2S. The molecule has 1 aliphatic heterocycles. The van der Waals surface area contributed by atoms with Crippen molar-refractivity contribution in [3.05, 3.63) is 40.1 Å². The lowest BCUT2D eigenvalue weighted by Gasteiger charge is -2.34. The van der Waals surface area contributed by atoms with Crippen molar-refractivity contribution in [1.29, 1.82) is 0 Å². The minimum absolute atomic E-state index is 0.0281. The number of anilines is 1. The molecule has 2 heterocycles. The van der Waals surface area contributed by atoms with Crippen LogP contribution in [0.3, 0.4) is 0 Å². The van der Waals surface area contributed by atoms with E-state index in [1.807, 2.05) is 0 Å². The Bertz CT molecular complexity index is 838. The molecule has 1 fully saturated rings. The van der Waals surface area contributed by atoms with Crippen molar-refractivity contribution in [2.45, 2.75) is 31.5 Å². The summed E-state index contributed by atoms with van der Waals surface area (Å²) in [6, 6.07) is 4.20. The molecule has 1 saturated heterocycles. The molecule has 6 nitrogen and oxygen atoms in total. The lowest BCUT2D eigenvalue weighted by Crippen LogP contribution is -2.45. The van der Waals surface area contributed by atoms with E-state index in [1.165, 1.54) is 24.3 Å². The third-order valence-electron chi connectivity index (χ3n) is 4.03. The molecular weight excluding hydrogens is 388 g/mol. The summed E-state index contributed by atoms with van der Waals surface area (Å²) in [6.45, 7) is -0.0281. The fourth-order valence-electron chi connectivity index (χ4n) is 2.77. The monoisotopic (exact) mass is 402 g/mol. The topological polar surface area (TPSA) is 75.2 Å². The molecule has 2 amide bonds. The molecule has 2 aromatic rings. The summed E-state index contributed by atoms with van der Waals surface area (Å²) in [5, 5.41) is 10.2. The van der Waals surface area contributed by atoms with Gasteiger partial charge in [0.15, 0.2) is 0 Å². The molecule has 1 unspecified atom stereocenters. The summed E-state index contributed by atoms with van der Waals surface area (Å²) in [4.78, 5) is 24.6. The minimum atomic E-state index is -4.97. The Hall–Kier alpha value is -2.56. The van der Waals surface area contributed by atoms with Crippen molar-refractivity contribution in [3.8, 4) is 0 Å². The number of rotatable bonds is 3. The van der Waals surface area contributed by atoms with Crippen molar-refractivity contribution in [2.24, 2.45) is 0 Å². The number of likely N-dealkylation sites (tertiary alicyclic amines) is 1. The van der Waals surface area contributed by atoms with Crippen molar-refractivity contribution < 1.29 is 27.2 Å². The summed E-state index contributed by atoms with van der Waals surface area (Å²) in [5.41, 5.74) is 0.338. The number of benzene rings is 1. The number of hydrogen-bond acceptors (Lipinski definition) is 5. The van der Waals surface area contributed by atoms with Gasteiger partial charge in [0.2, 0.25) is 5.01 Å². The zero-order valence-electron chi connectivity index (χ0n) is 13.8. The normalized spacial score (nSPS) is 17.6. The van der Waals surface area contributed by atoms with Gasteiger partial charge in [-0.25, -0.2) is 4.39 Å². The van der Waals surface area contributed by atoms with Gasteiger partial charge in [0, 0.05) is 12.2 Å². The minimum Gasteiger partial charge on any atom is -0.325 e. The van der Waals surface area contributed by atoms with E-state index in [-0.39, 0.29) is 16.6 Å². The molecule has 1 aromatic heterocycles. The lowest BCUT2D eigenvalue weighted by molar-refractivity contribution is -0.189. The van der Waals surface area contributed by atoms with Gasteiger partial charge in [-0.3, -0.25) is 9.59 Å². The average molecular weight is 402 g/mol. The van der Waals surface area contributed by atoms with Gasteiger partial charge < -0.3 is 10.2 Å². The summed E-state index contributed by atoms with van der Waals surface area (Å²) in [7, 11) is 0. The largest absolute Gasteiger partial charge is 0.471 e. The van der Waals surface area contributed by atoms with Crippen molar-refractivity contribution in [1.82, 2.24) is 15.1 Å². The Morgan fingerprint density at radius 3 is 2.52 bits per heavy atom. The molecule has 1 aromatic carbocycles. The van der Waals surface area contributed by atoms with Gasteiger partial charge in [-0.2, -0.15) is 13.2 Å². The first-order valence-corrected chi connectivity index (χ1v) is 8.85. The maximum absolute atomic E-state index is 12.9. The molecule has 0 aliphatic carbocycles. The highest BCUT2D eigenvalue weighted by molar-refractivity contribution is 7.13. The quantitative estimate of drug-likeness (QED) is 0.797. The predicted octanol–water partition coefficient (Wildman–Crippen LogP) is 3.55. The van der Waals surface area contributed by atoms with E-state index in [9.17, 15) is 27.2 Å². The van der Waals surface area contributed by atoms with Crippen LogP contribution in [0, 0.1) is 5.82 Å². The molecule has 1 atom stereocenters. The third-order valence-corrected chi connectivity index (χ3v) is 5.05. The average Bonchev–Trinajstić information content (AvgIpc) is 3.12. The van der Waals surface area contributed by atoms with Crippen LogP contribution in [0.5, 0.6) is 0 Å². The lowest BCUT2D eigenvalue weighted by atomic mass is 10.0. The molecule has 0 spiro atoms. The van der Waals surface area contributed by atoms with Gasteiger partial charge in [0.1, 0.15) is 10.8 Å². The van der Waals surface area contributed by atoms with Crippen LogP contribution in [-0.2, 0) is 4.79 Å². The van der Waals surface area contributed by atoms with Gasteiger partial charge in [-0.05, 0) is 43.5 Å². The Labute approximate surface area is 155 Å². The standard InChI is InChI=1S/C16H14F4N4O2S/c17-9-4-6-10(7-5-9)21-12(25)14-23-22-13(27-14)11-3-1-2-8-24(11)15(26)16(18,19)20/h4-7,11H,1-3,8H2,(H,21,25). The number of alkyl halides is 3. The maximum Gasteiger partial charge on any atom is 0.471 e. The van der Waals surface area contributed by atoms with Crippen LogP contribution in [-0.4, -0.2) is 39.6 Å². The van der Waals surface area contributed by atoms with E-state index >= 15 is 0 Å². The SMILES string of the molecule is O=C(Nc1ccc(F)cc1)c1nnc(C2CCCCN2C(=O)C(F)(F)F)s1. The maximum atomic E-state index is 12.9. The Morgan fingerprint density at radius 1 is 1.15 bits per heavy atom. The first kappa shape index (κ1) is 19.2. The summed E-state index contributed by atoms with van der Waals surface area (Å²) < 4.78 is 51.3. The van der Waals surface area contributed by atoms with Gasteiger partial charge in [0.05, 0.1) is 6.04 Å². The Balaban J connectivity index is 1.76. The number of halogens is 4. The van der Waals surface area contributed by atoms with E-state index in [0.717, 1.165) is 16.2 Å². The number of amides is 2. The first-order chi connectivity index (χ1) is 12.8. The van der Waals surface area contributed by atoms with Crippen LogP contribution in [0.1, 0.15) is 40.1 Å². The van der Waals surface area contributed by atoms with E-state index in [2.05, 4.69) is 15.5 Å². The number of piperidine rings is 1. The fraction of sp³-hybridized carbons (Fsp3) is 0.375. The highest BCUT2D eigenvalue weighted by Crippen LogP contribution is 2.35. The van der Waals surface area contributed by atoms with E-state index in [1.54, 1.807) is 0 Å². The van der Waals surface area contributed by atoms with Gasteiger partial charge in [-0.1, -0.05) is 11.3 Å². The molecule has 1 aliphatic rings. The van der Waals surface area contributed by atoms with Crippen LogP contribution < -0.4 is 5.32 Å². The van der Waals surface area contributed by atoms with Crippen LogP contribution in [0.15, 0.2) is 24.3 Å². The third kappa shape index (κ3) is 4.41. The Kier molecular flexibility index (Phi) is 5.40. The van der Waals surface area contributed by atoms with Gasteiger partial charge >= 0.3 is 12.1 Å². The molecule has 3 rings (SSSR count). The van der Waals surface area contributed by atoms with Gasteiger partial charge in [-0.15, -0.1) is 10.2 Å². The molecule has 0 radical (unpaired) electrons. The molecule has 27 heavy (non-hydrogen) atoms. The summed E-state index contributed by atoms with van der Waals surface area (Å²) >= 11 is 0.832. The molecule has 0 bridgehead atoms. The molecule has 144 valence electrons. The highest BCUT2D eigenvalue weighted by atomic mass is 32.1. The Morgan fingerprint density at radius 2 is 1.85 bits per heavy atom. The predicted molar refractivity (Wildman–Crippen MR) is 88.6 cm³/mol. The van der Waals surface area contributed by atoms with E-state index < -0.39 is 29.8 Å². The van der Waals surface area contributed by atoms with Crippen molar-refractivity contribution in [3.63, 3.8) is 0 Å². The number of hydrogen-bond donors (Lipinski definition) is 1. The number of aromatic nitrogens is 2. The van der Waals surface area contributed by atoms with Crippen LogP contribution in [0.2, 0.25) is 0 Å². The molecule has 0 saturated carbocycles. The van der Waals surface area contributed by atoms with Crippen LogP contribution in [0.4, 0.5) is 23.2 Å². The van der Waals surface area contributed by atoms with E-state index in [4.69, 9.17) is 0 Å². The number of nitrogens with zero attached hydrogens (tertiary/aromatic N) is 3. The van der Waals surface area contributed by atoms with Gasteiger partial charge in [0.25, 0.3) is 5.91 Å². The molecule has 11 heteroatoms. The number of carbonyl (C=O) groups is 2. The smallest absolute Gasteiger partial charge is 0.325 e. The number of carbonyl (C=O) groups excluding carboxylic acids is 2. The summed E-state index contributed by atoms with van der Waals surface area (Å²) in [6.07, 6.45) is -3.54. The second-order valence-corrected chi connectivity index (χ2v) is 6.92. The zero-order chi connectivity index (χ0) is 19.6. The van der Waals surface area contributed by atoms with E-state index in [0.29, 0.717) is 24.9 Å². The van der Waals surface area contributed by atoms with Crippen molar-refractivity contribution >= 4 is 28.8 Å². The second kappa shape index (κ2) is 7.59. The summed E-state index contributed by atoms with van der Waals surface area (Å²) in [5.74, 6) is -2.99. The molecule has 1 N–H and O–H groups in total. The number of nitrogens with one attached hydrogen (secondary N) is 1. The van der Waals surface area contributed by atoms with Crippen LogP contribution >= 0.6 is 11.3 Å². The zero-order valence-corrected chi connectivity index (χ0v) is 14.6. The van der Waals surface area contributed by atoms with Crippen LogP contribution in [0.25, 0.3) is 0 Å². The van der Waals surface area contributed by atoms with Crippen molar-refractivity contribution in [2.75, 3.05) is 11.9 Å².